The van der Waals surface area contributed by atoms with E-state index in [1.54, 1.807) is 6.08 Å². The second-order valence-electron chi connectivity index (χ2n) is 4.56. The molecule has 1 fully saturated rings. The standard InChI is InChI=1S/C12H21NO/c1-3-7-11(2)12(13-10-14)8-5-4-6-9-12/h11H,3-9H2,1-2H3/t11-/m0/s1. The Bertz CT molecular complexity index is 212. The fraction of sp³-hybridized carbons (Fsp3) is 0.917. The van der Waals surface area contributed by atoms with Gasteiger partial charge in [-0.05, 0) is 25.2 Å². The average Bonchev–Trinajstić information content (AvgIpc) is 2.20. The number of nitrogens with zero attached hydrogens (tertiary/aromatic N) is 1. The van der Waals surface area contributed by atoms with Crippen LogP contribution in [0, 0.1) is 5.92 Å². The molecule has 2 heteroatoms. The van der Waals surface area contributed by atoms with Gasteiger partial charge in [0.1, 0.15) is 0 Å². The van der Waals surface area contributed by atoms with E-state index in [2.05, 4.69) is 18.8 Å². The van der Waals surface area contributed by atoms with Crippen molar-refractivity contribution in [2.75, 3.05) is 0 Å². The van der Waals surface area contributed by atoms with Crippen LogP contribution in [-0.4, -0.2) is 11.6 Å². The van der Waals surface area contributed by atoms with Gasteiger partial charge in [0.2, 0.25) is 6.08 Å². The van der Waals surface area contributed by atoms with E-state index in [-0.39, 0.29) is 5.54 Å². The van der Waals surface area contributed by atoms with E-state index in [9.17, 15) is 4.79 Å². The fourth-order valence-corrected chi connectivity index (χ4v) is 2.67. The molecule has 80 valence electrons. The summed E-state index contributed by atoms with van der Waals surface area (Å²) < 4.78 is 0. The monoisotopic (exact) mass is 195 g/mol. The first-order valence-corrected chi connectivity index (χ1v) is 5.84. The van der Waals surface area contributed by atoms with E-state index in [0.29, 0.717) is 5.92 Å². The summed E-state index contributed by atoms with van der Waals surface area (Å²) in [7, 11) is 0. The first-order valence-electron chi connectivity index (χ1n) is 5.84. The lowest BCUT2D eigenvalue weighted by Crippen LogP contribution is -2.36. The lowest BCUT2D eigenvalue weighted by molar-refractivity contribution is 0.201. The summed E-state index contributed by atoms with van der Waals surface area (Å²) in [5.41, 5.74) is -0.0595. The van der Waals surface area contributed by atoms with Gasteiger partial charge in [-0.2, -0.15) is 4.99 Å². The average molecular weight is 195 g/mol. The van der Waals surface area contributed by atoms with Gasteiger partial charge in [0.05, 0.1) is 5.54 Å². The first kappa shape index (κ1) is 11.5. The Hall–Kier alpha value is -0.620. The van der Waals surface area contributed by atoms with Gasteiger partial charge in [-0.3, -0.25) is 0 Å². The molecule has 1 rings (SSSR count). The van der Waals surface area contributed by atoms with Crippen LogP contribution in [0.2, 0.25) is 0 Å². The van der Waals surface area contributed by atoms with E-state index in [1.807, 2.05) is 0 Å². The third kappa shape index (κ3) is 2.45. The zero-order valence-corrected chi connectivity index (χ0v) is 9.38. The summed E-state index contributed by atoms with van der Waals surface area (Å²) in [6.45, 7) is 4.42. The second-order valence-corrected chi connectivity index (χ2v) is 4.56. The van der Waals surface area contributed by atoms with Crippen molar-refractivity contribution >= 4 is 6.08 Å². The Labute approximate surface area is 86.8 Å². The van der Waals surface area contributed by atoms with Gasteiger partial charge in [0, 0.05) is 0 Å². The van der Waals surface area contributed by atoms with Crippen LogP contribution in [0.15, 0.2) is 4.99 Å². The number of rotatable bonds is 4. The molecule has 0 radical (unpaired) electrons. The molecule has 1 aliphatic rings. The minimum absolute atomic E-state index is 0.0595. The zero-order valence-electron chi connectivity index (χ0n) is 9.38. The van der Waals surface area contributed by atoms with Crippen molar-refractivity contribution in [2.24, 2.45) is 10.9 Å². The van der Waals surface area contributed by atoms with E-state index in [1.165, 1.54) is 32.1 Å². The van der Waals surface area contributed by atoms with Crippen molar-refractivity contribution in [1.29, 1.82) is 0 Å². The highest BCUT2D eigenvalue weighted by Gasteiger charge is 2.36. The molecule has 1 saturated carbocycles. The minimum atomic E-state index is -0.0595. The maximum Gasteiger partial charge on any atom is 0.235 e. The van der Waals surface area contributed by atoms with Crippen LogP contribution >= 0.6 is 0 Å². The molecule has 0 aromatic heterocycles. The number of hydrogen-bond acceptors (Lipinski definition) is 2. The summed E-state index contributed by atoms with van der Waals surface area (Å²) >= 11 is 0. The Balaban J connectivity index is 2.73. The van der Waals surface area contributed by atoms with Crippen LogP contribution in [0.5, 0.6) is 0 Å². The van der Waals surface area contributed by atoms with Crippen LogP contribution in [0.25, 0.3) is 0 Å². The molecule has 0 bridgehead atoms. The molecule has 0 saturated heterocycles. The highest BCUT2D eigenvalue weighted by Crippen LogP contribution is 2.39. The SMILES string of the molecule is CCC[C@H](C)C1(N=C=O)CCCCC1. The molecule has 1 atom stereocenters. The molecule has 0 spiro atoms. The summed E-state index contributed by atoms with van der Waals surface area (Å²) in [6, 6.07) is 0. The molecule has 0 aromatic carbocycles. The van der Waals surface area contributed by atoms with Crippen LogP contribution < -0.4 is 0 Å². The highest BCUT2D eigenvalue weighted by atomic mass is 16.1. The topological polar surface area (TPSA) is 29.4 Å². The van der Waals surface area contributed by atoms with Crippen molar-refractivity contribution in [3.8, 4) is 0 Å². The number of carbonyl (C=O) groups excluding carboxylic acids is 1. The molecule has 0 amide bonds. The van der Waals surface area contributed by atoms with Crippen molar-refractivity contribution in [3.05, 3.63) is 0 Å². The fourth-order valence-electron chi connectivity index (χ4n) is 2.67. The maximum atomic E-state index is 10.5. The van der Waals surface area contributed by atoms with Gasteiger partial charge < -0.3 is 0 Å². The predicted molar refractivity (Wildman–Crippen MR) is 58.0 cm³/mol. The Kier molecular flexibility index (Phi) is 4.34. The van der Waals surface area contributed by atoms with E-state index in [0.717, 1.165) is 12.8 Å². The van der Waals surface area contributed by atoms with E-state index >= 15 is 0 Å². The van der Waals surface area contributed by atoms with Crippen LogP contribution in [-0.2, 0) is 4.79 Å². The predicted octanol–water partition coefficient (Wildman–Crippen LogP) is 3.46. The van der Waals surface area contributed by atoms with Crippen LogP contribution in [0.3, 0.4) is 0 Å². The van der Waals surface area contributed by atoms with Crippen LogP contribution in [0.1, 0.15) is 58.8 Å². The third-order valence-corrected chi connectivity index (χ3v) is 3.63. The summed E-state index contributed by atoms with van der Waals surface area (Å²) in [4.78, 5) is 14.6. The first-order chi connectivity index (χ1) is 6.75. The van der Waals surface area contributed by atoms with Gasteiger partial charge in [0.15, 0.2) is 0 Å². The van der Waals surface area contributed by atoms with Crippen molar-refractivity contribution in [3.63, 3.8) is 0 Å². The molecule has 0 aliphatic heterocycles. The summed E-state index contributed by atoms with van der Waals surface area (Å²) in [5, 5.41) is 0. The second kappa shape index (κ2) is 5.31. The Morgan fingerprint density at radius 1 is 1.36 bits per heavy atom. The van der Waals surface area contributed by atoms with Gasteiger partial charge in [-0.15, -0.1) is 0 Å². The normalized spacial score (nSPS) is 22.4. The maximum absolute atomic E-state index is 10.5. The molecular weight excluding hydrogens is 174 g/mol. The quantitative estimate of drug-likeness (QED) is 0.499. The van der Waals surface area contributed by atoms with Gasteiger partial charge in [-0.25, -0.2) is 4.79 Å². The molecule has 0 N–H and O–H groups in total. The number of hydrogen-bond donors (Lipinski definition) is 0. The van der Waals surface area contributed by atoms with Crippen molar-refractivity contribution in [2.45, 2.75) is 64.3 Å². The minimum Gasteiger partial charge on any atom is -0.211 e. The lowest BCUT2D eigenvalue weighted by Gasteiger charge is -2.37. The Morgan fingerprint density at radius 3 is 2.50 bits per heavy atom. The largest absolute Gasteiger partial charge is 0.235 e. The third-order valence-electron chi connectivity index (χ3n) is 3.63. The smallest absolute Gasteiger partial charge is 0.211 e. The number of isocyanates is 1. The molecule has 14 heavy (non-hydrogen) atoms. The molecule has 0 aromatic rings. The van der Waals surface area contributed by atoms with Gasteiger partial charge in [-0.1, -0.05) is 39.5 Å². The zero-order chi connectivity index (χ0) is 10.4. The van der Waals surface area contributed by atoms with E-state index < -0.39 is 0 Å². The lowest BCUT2D eigenvalue weighted by atomic mass is 9.72. The summed E-state index contributed by atoms with van der Waals surface area (Å²) in [6.07, 6.45) is 10.1. The highest BCUT2D eigenvalue weighted by molar-refractivity contribution is 5.35. The van der Waals surface area contributed by atoms with Crippen molar-refractivity contribution in [1.82, 2.24) is 0 Å². The molecule has 0 heterocycles. The van der Waals surface area contributed by atoms with E-state index in [4.69, 9.17) is 0 Å². The Morgan fingerprint density at radius 2 is 2.00 bits per heavy atom. The molecular formula is C12H21NO. The summed E-state index contributed by atoms with van der Waals surface area (Å²) in [5.74, 6) is 0.536. The number of aliphatic imine (C=N–C) groups is 1. The van der Waals surface area contributed by atoms with Gasteiger partial charge >= 0.3 is 0 Å². The van der Waals surface area contributed by atoms with Gasteiger partial charge in [0.25, 0.3) is 0 Å². The molecule has 0 unspecified atom stereocenters. The van der Waals surface area contributed by atoms with Crippen LogP contribution in [0.4, 0.5) is 0 Å². The van der Waals surface area contributed by atoms with Crippen molar-refractivity contribution < 1.29 is 4.79 Å². The molecule has 1 aliphatic carbocycles. The molecule has 2 nitrogen and oxygen atoms in total.